The number of aryl methyl sites for hydroxylation is 1. The van der Waals surface area contributed by atoms with Crippen LogP contribution in [0.2, 0.25) is 0 Å². The summed E-state index contributed by atoms with van der Waals surface area (Å²) in [6.45, 7) is 4.87. The second-order valence-corrected chi connectivity index (χ2v) is 9.15. The molecule has 0 amide bonds. The number of H-pyrrole nitrogens is 1. The van der Waals surface area contributed by atoms with Crippen LogP contribution in [0.1, 0.15) is 40.7 Å². The molecule has 5 rings (SSSR count). The highest BCUT2D eigenvalue weighted by atomic mass is 16.3. The Morgan fingerprint density at radius 3 is 2.69 bits per heavy atom. The Morgan fingerprint density at radius 2 is 1.91 bits per heavy atom. The molecule has 1 aliphatic rings. The van der Waals surface area contributed by atoms with Crippen molar-refractivity contribution in [2.75, 3.05) is 18.4 Å². The van der Waals surface area contributed by atoms with Crippen molar-refractivity contribution in [3.8, 4) is 6.07 Å². The number of nitrogens with one attached hydrogen (secondary N) is 2. The number of piperidine rings is 1. The van der Waals surface area contributed by atoms with Crippen molar-refractivity contribution >= 4 is 34.4 Å². The third kappa shape index (κ3) is 5.12. The van der Waals surface area contributed by atoms with E-state index in [1.54, 1.807) is 12.4 Å². The first-order valence-corrected chi connectivity index (χ1v) is 12.0. The van der Waals surface area contributed by atoms with Crippen molar-refractivity contribution in [3.63, 3.8) is 0 Å². The van der Waals surface area contributed by atoms with E-state index >= 15 is 0 Å². The van der Waals surface area contributed by atoms with E-state index in [1.807, 2.05) is 30.5 Å². The number of aromatic nitrogens is 2. The zero-order valence-corrected chi connectivity index (χ0v) is 19.8. The van der Waals surface area contributed by atoms with Crippen LogP contribution in [0.25, 0.3) is 23.1 Å². The van der Waals surface area contributed by atoms with Gasteiger partial charge < -0.3 is 15.4 Å². The molecule has 0 spiro atoms. The first-order chi connectivity index (χ1) is 17.1. The number of anilines is 2. The second kappa shape index (κ2) is 10.1. The molecule has 6 heteroatoms. The Bertz CT molecular complexity index is 1390. The smallest absolute Gasteiger partial charge is 0.103 e. The molecule has 0 radical (unpaired) electrons. The largest absolute Gasteiger partial charge is 0.393 e. The molecular formula is C29H29N5O. The number of hydrogen-bond donors (Lipinski definition) is 3. The highest BCUT2D eigenvalue weighted by Gasteiger charge is 2.16. The zero-order valence-electron chi connectivity index (χ0n) is 19.8. The van der Waals surface area contributed by atoms with Gasteiger partial charge in [0.15, 0.2) is 0 Å². The van der Waals surface area contributed by atoms with Crippen LogP contribution in [0.15, 0.2) is 61.1 Å². The van der Waals surface area contributed by atoms with Crippen LogP contribution in [0.5, 0.6) is 0 Å². The number of nitriles is 1. The van der Waals surface area contributed by atoms with Crippen LogP contribution in [0.4, 0.5) is 11.4 Å². The predicted molar refractivity (Wildman–Crippen MR) is 141 cm³/mol. The highest BCUT2D eigenvalue weighted by molar-refractivity contribution is 5.90. The molecule has 2 aromatic carbocycles. The molecular weight excluding hydrogens is 434 g/mol. The maximum absolute atomic E-state index is 9.72. The first kappa shape index (κ1) is 22.9. The number of hydrogen-bond acceptors (Lipinski definition) is 5. The lowest BCUT2D eigenvalue weighted by atomic mass is 10.0. The summed E-state index contributed by atoms with van der Waals surface area (Å²) in [4.78, 5) is 9.91. The summed E-state index contributed by atoms with van der Waals surface area (Å²) in [6.07, 6.45) is 10.9. The quantitative estimate of drug-likeness (QED) is 0.346. The fourth-order valence-electron chi connectivity index (χ4n) is 4.64. The molecule has 3 N–H and O–H groups in total. The average Bonchev–Trinajstić information content (AvgIpc) is 3.37. The van der Waals surface area contributed by atoms with E-state index in [1.165, 1.54) is 5.56 Å². The van der Waals surface area contributed by atoms with Gasteiger partial charge in [-0.2, -0.15) is 5.26 Å². The summed E-state index contributed by atoms with van der Waals surface area (Å²) >= 11 is 0. The van der Waals surface area contributed by atoms with E-state index in [0.29, 0.717) is 5.56 Å². The van der Waals surface area contributed by atoms with Crippen molar-refractivity contribution in [2.45, 2.75) is 32.4 Å². The normalized spacial score (nSPS) is 15.0. The lowest BCUT2D eigenvalue weighted by molar-refractivity contribution is 0.0792. The van der Waals surface area contributed by atoms with Gasteiger partial charge in [0.25, 0.3) is 0 Å². The fraction of sp³-hybridized carbons (Fsp3) is 0.241. The van der Waals surface area contributed by atoms with Crippen LogP contribution >= 0.6 is 0 Å². The lowest BCUT2D eigenvalue weighted by Gasteiger charge is -2.29. The summed E-state index contributed by atoms with van der Waals surface area (Å²) < 4.78 is 0. The van der Waals surface area contributed by atoms with Gasteiger partial charge in [-0.1, -0.05) is 36.4 Å². The molecule has 2 aromatic heterocycles. The molecule has 3 heterocycles. The molecule has 1 saturated heterocycles. The van der Waals surface area contributed by atoms with E-state index in [9.17, 15) is 10.4 Å². The monoisotopic (exact) mass is 463 g/mol. The average molecular weight is 464 g/mol. The number of rotatable bonds is 6. The number of likely N-dealkylation sites (tertiary alicyclic amines) is 1. The van der Waals surface area contributed by atoms with Crippen LogP contribution < -0.4 is 5.32 Å². The zero-order chi connectivity index (χ0) is 24.2. The summed E-state index contributed by atoms with van der Waals surface area (Å²) in [6, 6.07) is 16.9. The number of aliphatic hydroxyl groups excluding tert-OH is 1. The van der Waals surface area contributed by atoms with Gasteiger partial charge in [-0.3, -0.25) is 9.88 Å². The van der Waals surface area contributed by atoms with Gasteiger partial charge in [0.2, 0.25) is 0 Å². The van der Waals surface area contributed by atoms with Crippen molar-refractivity contribution < 1.29 is 5.11 Å². The second-order valence-electron chi connectivity index (χ2n) is 9.15. The van der Waals surface area contributed by atoms with E-state index in [2.05, 4.69) is 63.5 Å². The van der Waals surface area contributed by atoms with E-state index in [4.69, 9.17) is 0 Å². The number of nitrogens with zero attached hydrogens (tertiary/aromatic N) is 3. The molecule has 176 valence electrons. The van der Waals surface area contributed by atoms with Gasteiger partial charge in [-0.15, -0.1) is 0 Å². The van der Waals surface area contributed by atoms with Crippen molar-refractivity contribution in [3.05, 3.63) is 88.9 Å². The molecule has 1 fully saturated rings. The minimum atomic E-state index is -0.146. The molecule has 6 nitrogen and oxygen atoms in total. The number of fused-ring (bicyclic) bond motifs is 1. The maximum atomic E-state index is 9.72. The van der Waals surface area contributed by atoms with Crippen LogP contribution in [-0.2, 0) is 6.54 Å². The third-order valence-electron chi connectivity index (χ3n) is 6.76. The standard InChI is InChI=1S/C29H29N5O/c1-20-26-10-13-32-28(26)9-8-27(20)33-29-23(17-31-18-24(29)16-30)7-6-21-2-4-22(5-3-21)19-34-14-11-25(35)12-15-34/h2-10,13,17-18,25,32,35H,11-12,14-15,19H2,1H3,(H,31,33)/b7-6+. The fourth-order valence-corrected chi connectivity index (χ4v) is 4.64. The topological polar surface area (TPSA) is 88.0 Å². The molecule has 0 saturated carbocycles. The molecule has 35 heavy (non-hydrogen) atoms. The van der Waals surface area contributed by atoms with Gasteiger partial charge in [0.1, 0.15) is 6.07 Å². The number of benzene rings is 2. The summed E-state index contributed by atoms with van der Waals surface area (Å²) in [5.74, 6) is 0. The summed E-state index contributed by atoms with van der Waals surface area (Å²) in [5, 5.41) is 24.1. The number of pyridine rings is 1. The molecule has 0 aliphatic carbocycles. The maximum Gasteiger partial charge on any atom is 0.103 e. The van der Waals surface area contributed by atoms with E-state index < -0.39 is 0 Å². The third-order valence-corrected chi connectivity index (χ3v) is 6.76. The van der Waals surface area contributed by atoms with E-state index in [-0.39, 0.29) is 6.10 Å². The first-order valence-electron chi connectivity index (χ1n) is 12.0. The Balaban J connectivity index is 1.35. The van der Waals surface area contributed by atoms with Crippen molar-refractivity contribution in [1.29, 1.82) is 5.26 Å². The highest BCUT2D eigenvalue weighted by Crippen LogP contribution is 2.31. The Kier molecular flexibility index (Phi) is 6.62. The van der Waals surface area contributed by atoms with Crippen molar-refractivity contribution in [1.82, 2.24) is 14.9 Å². The molecule has 0 bridgehead atoms. The summed E-state index contributed by atoms with van der Waals surface area (Å²) in [7, 11) is 0. The molecule has 0 unspecified atom stereocenters. The van der Waals surface area contributed by atoms with Crippen LogP contribution in [0, 0.1) is 18.3 Å². The van der Waals surface area contributed by atoms with Gasteiger partial charge in [-0.05, 0) is 54.7 Å². The van der Waals surface area contributed by atoms with Gasteiger partial charge >= 0.3 is 0 Å². The van der Waals surface area contributed by atoms with Gasteiger partial charge in [0.05, 0.1) is 17.4 Å². The van der Waals surface area contributed by atoms with Gasteiger partial charge in [-0.25, -0.2) is 0 Å². The van der Waals surface area contributed by atoms with Gasteiger partial charge in [0, 0.05) is 60.4 Å². The minimum absolute atomic E-state index is 0.146. The Labute approximate surface area is 205 Å². The number of aromatic amines is 1. The van der Waals surface area contributed by atoms with Crippen molar-refractivity contribution in [2.24, 2.45) is 0 Å². The number of aliphatic hydroxyl groups is 1. The molecule has 1 aliphatic heterocycles. The Morgan fingerprint density at radius 1 is 1.11 bits per heavy atom. The molecule has 0 atom stereocenters. The molecule has 4 aromatic rings. The minimum Gasteiger partial charge on any atom is -0.393 e. The van der Waals surface area contributed by atoms with Crippen LogP contribution in [-0.4, -0.2) is 39.2 Å². The predicted octanol–water partition coefficient (Wildman–Crippen LogP) is 5.61. The SMILES string of the molecule is Cc1c(Nc2c(C#N)cncc2/C=C/c2ccc(CN3CCC(O)CC3)cc2)ccc2[nH]ccc12. The Hall–Kier alpha value is -3.92. The lowest BCUT2D eigenvalue weighted by Crippen LogP contribution is -2.35. The van der Waals surface area contributed by atoms with E-state index in [0.717, 1.165) is 71.4 Å². The summed E-state index contributed by atoms with van der Waals surface area (Å²) in [5.41, 5.74) is 7.63. The van der Waals surface area contributed by atoms with Crippen LogP contribution in [0.3, 0.4) is 0 Å².